The number of nitrogens with zero attached hydrogens (tertiary/aromatic N) is 2. The number of nitrogens with one attached hydrogen (secondary N) is 1. The molecule has 0 saturated carbocycles. The molecule has 0 bridgehead atoms. The number of fused-ring (bicyclic) bond motifs is 1. The molecule has 0 aliphatic carbocycles. The number of aromatic nitrogens is 1. The van der Waals surface area contributed by atoms with Crippen LogP contribution in [0, 0.1) is 5.92 Å². The Balaban J connectivity index is 1.22. The molecular weight excluding hydrogens is 536 g/mol. The van der Waals surface area contributed by atoms with Gasteiger partial charge in [0, 0.05) is 53.1 Å². The molecule has 0 spiro atoms. The van der Waals surface area contributed by atoms with Crippen LogP contribution in [0.25, 0.3) is 27.3 Å². The van der Waals surface area contributed by atoms with Gasteiger partial charge in [0.1, 0.15) is 22.9 Å². The lowest BCUT2D eigenvalue weighted by Crippen LogP contribution is -2.36. The minimum Gasteiger partial charge on any atom is -0.457 e. The lowest BCUT2D eigenvalue weighted by atomic mass is 10.0. The molecule has 4 aromatic rings. The zero-order chi connectivity index (χ0) is 29.0. The van der Waals surface area contributed by atoms with Gasteiger partial charge >= 0.3 is 6.09 Å². The lowest BCUT2D eigenvalue weighted by molar-refractivity contribution is -0.116. The highest BCUT2D eigenvalue weighted by Crippen LogP contribution is 2.39. The maximum atomic E-state index is 12.6. The second-order valence-corrected chi connectivity index (χ2v) is 11.9. The van der Waals surface area contributed by atoms with Crippen molar-refractivity contribution in [3.63, 3.8) is 0 Å². The summed E-state index contributed by atoms with van der Waals surface area (Å²) >= 11 is 1.56. The maximum absolute atomic E-state index is 12.6. The van der Waals surface area contributed by atoms with E-state index in [1.54, 1.807) is 28.5 Å². The van der Waals surface area contributed by atoms with Gasteiger partial charge in [0.15, 0.2) is 0 Å². The van der Waals surface area contributed by atoms with Gasteiger partial charge in [-0.05, 0) is 74.4 Å². The number of likely N-dealkylation sites (tertiary alicyclic amines) is 1. The molecule has 3 N–H and O–H groups in total. The van der Waals surface area contributed by atoms with Crippen molar-refractivity contribution in [3.05, 3.63) is 77.8 Å². The Morgan fingerprint density at radius 1 is 1.12 bits per heavy atom. The van der Waals surface area contributed by atoms with E-state index in [1.807, 2.05) is 75.4 Å². The second kappa shape index (κ2) is 12.0. The molecule has 2 aromatic heterocycles. The number of nitrogen functional groups attached to an aromatic ring is 1. The third-order valence-corrected chi connectivity index (χ3v) is 7.74. The van der Waals surface area contributed by atoms with Crippen LogP contribution in [-0.4, -0.2) is 47.1 Å². The van der Waals surface area contributed by atoms with Crippen LogP contribution in [0.3, 0.4) is 0 Å². The van der Waals surface area contributed by atoms with E-state index in [0.717, 1.165) is 44.7 Å². The van der Waals surface area contributed by atoms with Gasteiger partial charge in [-0.1, -0.05) is 30.3 Å². The van der Waals surface area contributed by atoms with Crippen molar-refractivity contribution in [2.24, 2.45) is 5.92 Å². The van der Waals surface area contributed by atoms with Crippen LogP contribution in [0.2, 0.25) is 0 Å². The predicted octanol–water partition coefficient (Wildman–Crippen LogP) is 6.72. The Morgan fingerprint density at radius 2 is 1.85 bits per heavy atom. The molecule has 212 valence electrons. The van der Waals surface area contributed by atoms with E-state index in [1.165, 1.54) is 6.08 Å². The van der Waals surface area contributed by atoms with E-state index in [0.29, 0.717) is 25.5 Å². The highest BCUT2D eigenvalue weighted by atomic mass is 32.1. The molecule has 0 unspecified atom stereocenters. The third-order valence-electron chi connectivity index (χ3n) is 6.71. The van der Waals surface area contributed by atoms with Gasteiger partial charge in [-0.2, -0.15) is 0 Å². The molecule has 1 fully saturated rings. The summed E-state index contributed by atoms with van der Waals surface area (Å²) in [5, 5.41) is 5.88. The first kappa shape index (κ1) is 28.2. The molecule has 2 aromatic carbocycles. The number of rotatable bonds is 7. The monoisotopic (exact) mass is 570 g/mol. The number of pyridine rings is 1. The molecule has 1 atom stereocenters. The molecular formula is C32H34N4O4S. The molecule has 3 heterocycles. The fraction of sp³-hybridized carbons (Fsp3) is 0.281. The Bertz CT molecular complexity index is 1560. The number of hydrogen-bond acceptors (Lipinski definition) is 7. The minimum absolute atomic E-state index is 0.189. The summed E-state index contributed by atoms with van der Waals surface area (Å²) in [6.45, 7) is 7.25. The molecule has 5 rings (SSSR count). The van der Waals surface area contributed by atoms with Crippen LogP contribution < -0.4 is 15.8 Å². The molecule has 41 heavy (non-hydrogen) atoms. The highest BCUT2D eigenvalue weighted by Gasteiger charge is 2.29. The maximum Gasteiger partial charge on any atom is 0.410 e. The number of ether oxygens (including phenoxy) is 2. The second-order valence-electron chi connectivity index (χ2n) is 11.1. The summed E-state index contributed by atoms with van der Waals surface area (Å²) in [5.74, 6) is 1.96. The van der Waals surface area contributed by atoms with E-state index >= 15 is 0 Å². The molecule has 8 nitrogen and oxygen atoms in total. The van der Waals surface area contributed by atoms with Gasteiger partial charge in [0.05, 0.1) is 0 Å². The van der Waals surface area contributed by atoms with Crippen molar-refractivity contribution >= 4 is 45.3 Å². The van der Waals surface area contributed by atoms with Crippen molar-refractivity contribution in [2.45, 2.75) is 32.8 Å². The average molecular weight is 571 g/mol. The summed E-state index contributed by atoms with van der Waals surface area (Å²) in [7, 11) is 0. The van der Waals surface area contributed by atoms with Crippen LogP contribution in [0.1, 0.15) is 32.8 Å². The summed E-state index contributed by atoms with van der Waals surface area (Å²) in [4.78, 5) is 31.0. The van der Waals surface area contributed by atoms with Crippen LogP contribution in [0.5, 0.6) is 11.5 Å². The number of hydrogen-bond donors (Lipinski definition) is 2. The van der Waals surface area contributed by atoms with Crippen molar-refractivity contribution in [2.75, 3.05) is 25.4 Å². The van der Waals surface area contributed by atoms with Crippen molar-refractivity contribution in [1.82, 2.24) is 15.2 Å². The molecule has 0 radical (unpaired) electrons. The first-order chi connectivity index (χ1) is 19.7. The van der Waals surface area contributed by atoms with E-state index in [4.69, 9.17) is 15.2 Å². The van der Waals surface area contributed by atoms with Crippen molar-refractivity contribution in [3.8, 4) is 22.6 Å². The number of thiophene rings is 1. The van der Waals surface area contributed by atoms with Crippen molar-refractivity contribution in [1.29, 1.82) is 0 Å². The van der Waals surface area contributed by atoms with Crippen LogP contribution in [0.15, 0.2) is 72.3 Å². The predicted molar refractivity (Wildman–Crippen MR) is 164 cm³/mol. The molecule has 1 aliphatic rings. The smallest absolute Gasteiger partial charge is 0.410 e. The number of nitrogens with two attached hydrogens (primary N) is 1. The quantitative estimate of drug-likeness (QED) is 0.239. The molecule has 9 heteroatoms. The zero-order valence-corrected chi connectivity index (χ0v) is 24.2. The van der Waals surface area contributed by atoms with Gasteiger partial charge in [-0.15, -0.1) is 11.3 Å². The average Bonchev–Trinajstić information content (AvgIpc) is 3.60. The topological polar surface area (TPSA) is 107 Å². The normalized spacial score (nSPS) is 15.4. The van der Waals surface area contributed by atoms with E-state index in [2.05, 4.69) is 15.7 Å². The first-order valence-electron chi connectivity index (χ1n) is 13.6. The van der Waals surface area contributed by atoms with E-state index < -0.39 is 5.60 Å². The van der Waals surface area contributed by atoms with Gasteiger partial charge < -0.3 is 25.4 Å². The Morgan fingerprint density at radius 3 is 2.59 bits per heavy atom. The van der Waals surface area contributed by atoms with Gasteiger partial charge in [-0.3, -0.25) is 4.79 Å². The number of para-hydroxylation sites is 1. The molecule has 1 saturated heterocycles. The summed E-state index contributed by atoms with van der Waals surface area (Å²) in [5.41, 5.74) is 8.59. The zero-order valence-electron chi connectivity index (χ0n) is 23.4. The number of benzene rings is 2. The molecule has 2 amide bonds. The SMILES string of the molecule is CC(C)(C)OC(=O)N1CC[C@H](CNC(=O)C=Cc2cnc(N)c3c(-c4ccc(Oc5ccccc5)cc4)csc23)C1. The fourth-order valence-electron chi connectivity index (χ4n) is 4.71. The van der Waals surface area contributed by atoms with E-state index in [9.17, 15) is 9.59 Å². The van der Waals surface area contributed by atoms with Crippen LogP contribution in [0.4, 0.5) is 10.6 Å². The van der Waals surface area contributed by atoms with Gasteiger partial charge in [0.2, 0.25) is 5.91 Å². The largest absolute Gasteiger partial charge is 0.457 e. The number of anilines is 1. The Kier molecular flexibility index (Phi) is 8.26. The standard InChI is InChI=1S/C32H34N4O4S/c1-32(2,3)40-31(38)36-16-15-21(19-36)17-34-27(37)14-11-23-18-35-30(33)28-26(20-41-29(23)28)22-9-12-25(13-10-22)39-24-7-5-4-6-8-24/h4-14,18,20-21H,15-17,19H2,1-3H3,(H2,33,35)(H,34,37)/t21-/m1/s1. The summed E-state index contributed by atoms with van der Waals surface area (Å²) in [6, 6.07) is 17.5. The number of carbonyl (C=O) groups excluding carboxylic acids is 2. The highest BCUT2D eigenvalue weighted by molar-refractivity contribution is 7.18. The minimum atomic E-state index is -0.526. The summed E-state index contributed by atoms with van der Waals surface area (Å²) in [6.07, 6.45) is 5.49. The van der Waals surface area contributed by atoms with Crippen molar-refractivity contribution < 1.29 is 19.1 Å². The van der Waals surface area contributed by atoms with Gasteiger partial charge in [-0.25, -0.2) is 9.78 Å². The Hall–Kier alpha value is -4.37. The number of amides is 2. The Labute approximate surface area is 243 Å². The number of carbonyl (C=O) groups is 2. The van der Waals surface area contributed by atoms with Crippen LogP contribution in [-0.2, 0) is 9.53 Å². The third kappa shape index (κ3) is 7.05. The lowest BCUT2D eigenvalue weighted by Gasteiger charge is -2.24. The fourth-order valence-corrected chi connectivity index (χ4v) is 5.78. The van der Waals surface area contributed by atoms with Crippen LogP contribution >= 0.6 is 11.3 Å². The van der Waals surface area contributed by atoms with E-state index in [-0.39, 0.29) is 17.9 Å². The first-order valence-corrected chi connectivity index (χ1v) is 14.5. The molecule has 1 aliphatic heterocycles. The summed E-state index contributed by atoms with van der Waals surface area (Å²) < 4.78 is 12.3. The van der Waals surface area contributed by atoms with Gasteiger partial charge in [0.25, 0.3) is 0 Å².